The van der Waals surface area contributed by atoms with Crippen LogP contribution < -0.4 is 19.5 Å². The van der Waals surface area contributed by atoms with Gasteiger partial charge in [0.15, 0.2) is 11.5 Å². The third-order valence-electron chi connectivity index (χ3n) is 4.48. The van der Waals surface area contributed by atoms with Crippen molar-refractivity contribution in [3.63, 3.8) is 0 Å². The first kappa shape index (κ1) is 16.0. The summed E-state index contributed by atoms with van der Waals surface area (Å²) in [7, 11) is 6.97. The van der Waals surface area contributed by atoms with Gasteiger partial charge in [-0.2, -0.15) is 0 Å². The summed E-state index contributed by atoms with van der Waals surface area (Å²) >= 11 is 0. The van der Waals surface area contributed by atoms with Gasteiger partial charge in [-0.25, -0.2) is 0 Å². The molecular formula is C17H27NO3. The first-order valence-corrected chi connectivity index (χ1v) is 7.70. The van der Waals surface area contributed by atoms with Crippen molar-refractivity contribution < 1.29 is 14.2 Å². The number of hydrogen-bond acceptors (Lipinski definition) is 4. The Balaban J connectivity index is 2.27. The van der Waals surface area contributed by atoms with Crippen molar-refractivity contribution in [3.8, 4) is 17.2 Å². The summed E-state index contributed by atoms with van der Waals surface area (Å²) in [5, 5.41) is 3.43. The van der Waals surface area contributed by atoms with Gasteiger partial charge in [-0.1, -0.05) is 25.7 Å². The molecule has 1 atom stereocenters. The Kier molecular flexibility index (Phi) is 5.74. The summed E-state index contributed by atoms with van der Waals surface area (Å²) in [6.45, 7) is 0. The molecule has 0 aromatic heterocycles. The van der Waals surface area contributed by atoms with Gasteiger partial charge in [0.05, 0.1) is 21.3 Å². The Morgan fingerprint density at radius 1 is 1.05 bits per heavy atom. The lowest BCUT2D eigenvalue weighted by Crippen LogP contribution is -2.19. The highest BCUT2D eigenvalue weighted by Crippen LogP contribution is 2.41. The fourth-order valence-electron chi connectivity index (χ4n) is 3.30. The predicted octanol–water partition coefficient (Wildman–Crippen LogP) is 3.55. The summed E-state index contributed by atoms with van der Waals surface area (Å²) in [5.74, 6) is 2.91. The van der Waals surface area contributed by atoms with E-state index in [0.717, 1.165) is 23.8 Å². The number of nitrogens with one attached hydrogen (secondary N) is 1. The maximum atomic E-state index is 5.45. The van der Waals surface area contributed by atoms with Gasteiger partial charge < -0.3 is 19.5 Å². The van der Waals surface area contributed by atoms with E-state index in [2.05, 4.69) is 17.4 Å². The molecule has 0 aliphatic heterocycles. The van der Waals surface area contributed by atoms with E-state index >= 15 is 0 Å². The van der Waals surface area contributed by atoms with Gasteiger partial charge in [0.25, 0.3) is 0 Å². The van der Waals surface area contributed by atoms with Crippen molar-refractivity contribution in [2.45, 2.75) is 38.1 Å². The number of rotatable bonds is 7. The topological polar surface area (TPSA) is 39.7 Å². The zero-order chi connectivity index (χ0) is 15.2. The largest absolute Gasteiger partial charge is 0.493 e. The van der Waals surface area contributed by atoms with E-state index in [1.807, 2.05) is 7.05 Å². The van der Waals surface area contributed by atoms with Crippen molar-refractivity contribution in [2.24, 2.45) is 5.92 Å². The van der Waals surface area contributed by atoms with Crippen LogP contribution in [-0.2, 0) is 0 Å². The molecule has 1 aliphatic rings. The molecule has 1 N–H and O–H groups in total. The molecule has 1 unspecified atom stereocenters. The minimum atomic E-state index is 0.321. The Labute approximate surface area is 127 Å². The molecule has 1 saturated carbocycles. The van der Waals surface area contributed by atoms with Crippen LogP contribution >= 0.6 is 0 Å². The summed E-state index contributed by atoms with van der Waals surface area (Å²) < 4.78 is 16.3. The SMILES string of the molecule is CNC(CC1CCCC1)c1cc(OC)c(OC)c(OC)c1. The fourth-order valence-corrected chi connectivity index (χ4v) is 3.30. The highest BCUT2D eigenvalue weighted by atomic mass is 16.5. The summed E-state index contributed by atoms with van der Waals surface area (Å²) in [6, 6.07) is 4.43. The second-order valence-electron chi connectivity index (χ2n) is 5.69. The van der Waals surface area contributed by atoms with Crippen molar-refractivity contribution in [2.75, 3.05) is 28.4 Å². The van der Waals surface area contributed by atoms with Crippen molar-refractivity contribution in [1.82, 2.24) is 5.32 Å². The highest BCUT2D eigenvalue weighted by molar-refractivity contribution is 5.54. The van der Waals surface area contributed by atoms with Gasteiger partial charge in [0.2, 0.25) is 5.75 Å². The minimum Gasteiger partial charge on any atom is -0.493 e. The van der Waals surface area contributed by atoms with Crippen molar-refractivity contribution >= 4 is 0 Å². The molecule has 21 heavy (non-hydrogen) atoms. The lowest BCUT2D eigenvalue weighted by Gasteiger charge is -2.22. The molecule has 118 valence electrons. The van der Waals surface area contributed by atoms with Crippen LogP contribution in [-0.4, -0.2) is 28.4 Å². The second-order valence-corrected chi connectivity index (χ2v) is 5.69. The Morgan fingerprint density at radius 3 is 2.05 bits per heavy atom. The smallest absolute Gasteiger partial charge is 0.203 e. The number of ether oxygens (including phenoxy) is 3. The molecule has 1 fully saturated rings. The van der Waals surface area contributed by atoms with E-state index in [0.29, 0.717) is 11.8 Å². The molecule has 1 aromatic rings. The van der Waals surface area contributed by atoms with E-state index in [9.17, 15) is 0 Å². The zero-order valence-electron chi connectivity index (χ0n) is 13.6. The number of hydrogen-bond donors (Lipinski definition) is 1. The van der Waals surface area contributed by atoms with E-state index in [-0.39, 0.29) is 0 Å². The average molecular weight is 293 g/mol. The Morgan fingerprint density at radius 2 is 1.62 bits per heavy atom. The van der Waals surface area contributed by atoms with Crippen molar-refractivity contribution in [3.05, 3.63) is 17.7 Å². The van der Waals surface area contributed by atoms with E-state index in [1.165, 1.54) is 31.2 Å². The Bertz CT molecular complexity index is 430. The highest BCUT2D eigenvalue weighted by Gasteiger charge is 2.23. The summed E-state index contributed by atoms with van der Waals surface area (Å²) in [4.78, 5) is 0. The summed E-state index contributed by atoms with van der Waals surface area (Å²) in [6.07, 6.45) is 6.60. The van der Waals surface area contributed by atoms with Gasteiger partial charge in [0, 0.05) is 6.04 Å². The third kappa shape index (κ3) is 3.62. The minimum absolute atomic E-state index is 0.321. The number of methoxy groups -OCH3 is 3. The van der Waals surface area contributed by atoms with Crippen LogP contribution in [0.2, 0.25) is 0 Å². The van der Waals surface area contributed by atoms with E-state index < -0.39 is 0 Å². The van der Waals surface area contributed by atoms with Crippen LogP contribution in [0, 0.1) is 5.92 Å². The first-order chi connectivity index (χ1) is 10.2. The van der Waals surface area contributed by atoms with Crippen LogP contribution in [0.1, 0.15) is 43.7 Å². The molecule has 0 saturated heterocycles. The maximum Gasteiger partial charge on any atom is 0.203 e. The molecule has 0 spiro atoms. The molecular weight excluding hydrogens is 266 g/mol. The van der Waals surface area contributed by atoms with Crippen LogP contribution in [0.15, 0.2) is 12.1 Å². The van der Waals surface area contributed by atoms with Gasteiger partial charge >= 0.3 is 0 Å². The Hall–Kier alpha value is -1.42. The molecule has 2 rings (SSSR count). The van der Waals surface area contributed by atoms with Crippen molar-refractivity contribution in [1.29, 1.82) is 0 Å². The lowest BCUT2D eigenvalue weighted by molar-refractivity contribution is 0.322. The quantitative estimate of drug-likeness (QED) is 0.834. The molecule has 0 amide bonds. The molecule has 0 heterocycles. The molecule has 1 aliphatic carbocycles. The van der Waals surface area contributed by atoms with Crippen LogP contribution in [0.3, 0.4) is 0 Å². The van der Waals surface area contributed by atoms with Gasteiger partial charge in [-0.15, -0.1) is 0 Å². The monoisotopic (exact) mass is 293 g/mol. The molecule has 0 bridgehead atoms. The summed E-state index contributed by atoms with van der Waals surface area (Å²) in [5.41, 5.74) is 1.19. The first-order valence-electron chi connectivity index (χ1n) is 7.70. The van der Waals surface area contributed by atoms with Gasteiger partial charge in [-0.3, -0.25) is 0 Å². The van der Waals surface area contributed by atoms with Gasteiger partial charge in [-0.05, 0) is 37.1 Å². The maximum absolute atomic E-state index is 5.45. The van der Waals surface area contributed by atoms with Crippen LogP contribution in [0.25, 0.3) is 0 Å². The van der Waals surface area contributed by atoms with E-state index in [1.54, 1.807) is 21.3 Å². The normalized spacial score (nSPS) is 16.8. The van der Waals surface area contributed by atoms with Crippen LogP contribution in [0.5, 0.6) is 17.2 Å². The predicted molar refractivity (Wildman–Crippen MR) is 84.5 cm³/mol. The second kappa shape index (κ2) is 7.55. The van der Waals surface area contributed by atoms with E-state index in [4.69, 9.17) is 14.2 Å². The standard InChI is InChI=1S/C17H27NO3/c1-18-14(9-12-7-5-6-8-12)13-10-15(19-2)17(21-4)16(11-13)20-3/h10-12,14,18H,5-9H2,1-4H3. The molecule has 0 radical (unpaired) electrons. The zero-order valence-corrected chi connectivity index (χ0v) is 13.6. The third-order valence-corrected chi connectivity index (χ3v) is 4.48. The van der Waals surface area contributed by atoms with Gasteiger partial charge in [0.1, 0.15) is 0 Å². The number of benzene rings is 1. The average Bonchev–Trinajstić information content (AvgIpc) is 3.04. The molecule has 4 nitrogen and oxygen atoms in total. The van der Waals surface area contributed by atoms with Crippen LogP contribution in [0.4, 0.5) is 0 Å². The molecule has 4 heteroatoms. The molecule has 1 aromatic carbocycles. The lowest BCUT2D eigenvalue weighted by atomic mass is 9.93. The fraction of sp³-hybridized carbons (Fsp3) is 0.647.